The molecule has 47 heavy (non-hydrogen) atoms. The summed E-state index contributed by atoms with van der Waals surface area (Å²) in [5.41, 5.74) is 5.52. The highest BCUT2D eigenvalue weighted by Gasteiger charge is 2.76. The van der Waals surface area contributed by atoms with Crippen LogP contribution in [0.15, 0.2) is 23.1 Å². The number of aryl methyl sites for hydroxylation is 2. The molecule has 0 atom stereocenters. The minimum Gasteiger partial charge on any atom is -0.477 e. The van der Waals surface area contributed by atoms with Crippen molar-refractivity contribution >= 4 is 34.2 Å². The maximum Gasteiger partial charge on any atom is 0.460 e. The highest BCUT2D eigenvalue weighted by atomic mass is 19.4. The minimum atomic E-state index is -6.60. The fourth-order valence-corrected chi connectivity index (χ4v) is 4.97. The largest absolute Gasteiger partial charge is 0.477 e. The fraction of sp³-hybridized carbons (Fsp3) is 0.393. The molecule has 3 aromatic rings. The molecule has 1 fully saturated rings. The van der Waals surface area contributed by atoms with E-state index in [0.717, 1.165) is 18.8 Å². The highest BCUT2D eigenvalue weighted by molar-refractivity contribution is 5.98. The van der Waals surface area contributed by atoms with Crippen molar-refractivity contribution in [3.63, 3.8) is 0 Å². The number of nitrogens with one attached hydrogen (secondary N) is 1. The Morgan fingerprint density at radius 1 is 1.02 bits per heavy atom. The molecule has 10 nitrogen and oxygen atoms in total. The summed E-state index contributed by atoms with van der Waals surface area (Å²) < 4.78 is 112. The number of alkyl halides is 7. The number of carbonyl (C=O) groups is 2. The van der Waals surface area contributed by atoms with Crippen LogP contribution >= 0.6 is 0 Å². The van der Waals surface area contributed by atoms with E-state index >= 15 is 4.39 Å². The van der Waals surface area contributed by atoms with Crippen LogP contribution in [0.25, 0.3) is 16.6 Å². The number of carboxylic acids is 2. The van der Waals surface area contributed by atoms with E-state index in [2.05, 4.69) is 5.32 Å². The number of likely N-dealkylation sites (N-methyl/N-ethyl adjacent to an activating group) is 1. The van der Waals surface area contributed by atoms with E-state index in [-0.39, 0.29) is 39.4 Å². The second-order valence-corrected chi connectivity index (χ2v) is 10.5. The number of rotatable bonds is 8. The van der Waals surface area contributed by atoms with Crippen LogP contribution in [0.2, 0.25) is 0 Å². The summed E-state index contributed by atoms with van der Waals surface area (Å²) in [5.74, 6) is -19.1. The van der Waals surface area contributed by atoms with E-state index in [1.165, 1.54) is 17.6 Å². The number of nitrogens with zero attached hydrogens (tertiary/aromatic N) is 2. The lowest BCUT2D eigenvalue weighted by molar-refractivity contribution is -0.347. The van der Waals surface area contributed by atoms with Crippen LogP contribution in [0.4, 0.5) is 50.9 Å². The molecule has 2 aromatic carbocycles. The predicted octanol–water partition coefficient (Wildman–Crippen LogP) is 4.36. The number of aromatic carboxylic acids is 1. The molecule has 0 bridgehead atoms. The number of aliphatic hydroxyl groups excluding tert-OH is 1. The monoisotopic (exact) mass is 686 g/mol. The zero-order chi connectivity index (χ0) is 36.0. The molecule has 1 saturated heterocycles. The van der Waals surface area contributed by atoms with Crippen LogP contribution in [0.5, 0.6) is 0 Å². The summed E-state index contributed by atoms with van der Waals surface area (Å²) in [6.45, 7) is 6.43. The fourth-order valence-electron chi connectivity index (χ4n) is 4.97. The molecule has 4 rings (SSSR count). The zero-order valence-corrected chi connectivity index (χ0v) is 24.6. The number of anilines is 2. The Kier molecular flexibility index (Phi) is 10.2. The van der Waals surface area contributed by atoms with Crippen molar-refractivity contribution in [1.82, 2.24) is 9.88 Å². The molecule has 0 radical (unpaired) electrons. The number of fused-ring (bicyclic) bond motifs is 1. The molecule has 0 spiro atoms. The van der Waals surface area contributed by atoms with Crippen LogP contribution in [0, 0.1) is 25.5 Å². The Labute approximate surface area is 258 Å². The zero-order valence-electron chi connectivity index (χ0n) is 24.6. The van der Waals surface area contributed by atoms with Gasteiger partial charge in [-0.1, -0.05) is 6.92 Å². The number of aliphatic carboxylic acids is 1. The van der Waals surface area contributed by atoms with Crippen LogP contribution in [0.1, 0.15) is 34.0 Å². The van der Waals surface area contributed by atoms with Gasteiger partial charge in [-0.15, -0.1) is 0 Å². The Morgan fingerprint density at radius 3 is 2.04 bits per heavy atom. The lowest BCUT2D eigenvalue weighted by atomic mass is 9.96. The van der Waals surface area contributed by atoms with Crippen molar-refractivity contribution in [2.24, 2.45) is 0 Å². The van der Waals surface area contributed by atoms with E-state index < -0.39 is 59.2 Å². The van der Waals surface area contributed by atoms with Gasteiger partial charge in [0, 0.05) is 42.0 Å². The maximum atomic E-state index is 15.6. The van der Waals surface area contributed by atoms with Crippen molar-refractivity contribution in [3.8, 4) is 5.69 Å². The van der Waals surface area contributed by atoms with Crippen molar-refractivity contribution in [2.75, 3.05) is 30.3 Å². The second-order valence-electron chi connectivity index (χ2n) is 10.5. The van der Waals surface area contributed by atoms with Gasteiger partial charge in [0.25, 0.3) is 0 Å². The second kappa shape index (κ2) is 12.9. The third-order valence-corrected chi connectivity index (χ3v) is 7.40. The van der Waals surface area contributed by atoms with Gasteiger partial charge >= 0.3 is 30.0 Å². The van der Waals surface area contributed by atoms with Gasteiger partial charge in [0.05, 0.1) is 34.6 Å². The molecule has 1 aromatic heterocycles. The highest BCUT2D eigenvalue weighted by Crippen LogP contribution is 2.46. The first-order valence-electron chi connectivity index (χ1n) is 13.4. The number of pyridine rings is 1. The summed E-state index contributed by atoms with van der Waals surface area (Å²) >= 11 is 0. The third kappa shape index (κ3) is 6.40. The molecular weight excluding hydrogens is 659 g/mol. The summed E-state index contributed by atoms with van der Waals surface area (Å²) in [7, 11) is 0. The van der Waals surface area contributed by atoms with Gasteiger partial charge < -0.3 is 35.8 Å². The molecule has 0 amide bonds. The smallest absolute Gasteiger partial charge is 0.460 e. The standard InChI is InChI=1S/C24H26F2N4O4.C4HF7O2/c1-4-28-14-7-29(8-14)22-12(3)21-19(11(2)20(22)26)23(32)15(24(33)34)9-30(21)18-6-17(27)16(25)5-13(18)10-31;5-2(6,1(12)13)3(7,8)4(9,10)11/h5-6,9,14,28,31H,4,7-8,10,27H2,1-3H3,(H,33,34);(H,12,13). The Hall–Kier alpha value is -4.52. The molecule has 0 unspecified atom stereocenters. The predicted molar refractivity (Wildman–Crippen MR) is 149 cm³/mol. The molecule has 1 aliphatic rings. The average Bonchev–Trinajstić information content (AvgIpc) is 2.95. The summed E-state index contributed by atoms with van der Waals surface area (Å²) in [6, 6.07) is 2.52. The first kappa shape index (κ1) is 36.9. The topological polar surface area (TPSA) is 158 Å². The van der Waals surface area contributed by atoms with Crippen LogP contribution < -0.4 is 21.4 Å². The molecule has 19 heteroatoms. The SMILES string of the molecule is CCNC1CN(c2c(F)c(C)c3c(=O)c(C(=O)O)cn(-c4cc(N)c(F)cc4CO)c3c2C)C1.O=C(O)C(F)(F)C(F)(F)C(F)(F)F. The van der Waals surface area contributed by atoms with Crippen LogP contribution in [0.3, 0.4) is 0 Å². The van der Waals surface area contributed by atoms with Crippen LogP contribution in [-0.2, 0) is 11.4 Å². The van der Waals surface area contributed by atoms with Gasteiger partial charge in [0.15, 0.2) is 5.82 Å². The molecule has 0 aliphatic carbocycles. The average molecular weight is 687 g/mol. The first-order chi connectivity index (χ1) is 21.5. The summed E-state index contributed by atoms with van der Waals surface area (Å²) in [5, 5.41) is 30.2. The maximum absolute atomic E-state index is 15.6. The quantitative estimate of drug-likeness (QED) is 0.172. The molecular formula is C28H27F9N4O6. The molecule has 1 aliphatic heterocycles. The number of aliphatic hydroxyl groups is 1. The van der Waals surface area contributed by atoms with E-state index in [4.69, 9.17) is 10.8 Å². The van der Waals surface area contributed by atoms with E-state index in [0.29, 0.717) is 24.3 Å². The Morgan fingerprint density at radius 2 is 1.60 bits per heavy atom. The van der Waals surface area contributed by atoms with Crippen molar-refractivity contribution in [1.29, 1.82) is 0 Å². The third-order valence-electron chi connectivity index (χ3n) is 7.40. The van der Waals surface area contributed by atoms with Crippen LogP contribution in [-0.4, -0.2) is 75.5 Å². The number of halogens is 9. The Bertz CT molecular complexity index is 1790. The summed E-state index contributed by atoms with van der Waals surface area (Å²) in [4.78, 5) is 36.3. The number of nitrogen functional groups attached to an aromatic ring is 1. The van der Waals surface area contributed by atoms with Crippen molar-refractivity contribution < 1.29 is 64.4 Å². The molecule has 258 valence electrons. The van der Waals surface area contributed by atoms with Gasteiger partial charge in [0.2, 0.25) is 5.43 Å². The number of hydrogen-bond acceptors (Lipinski definition) is 7. The lowest BCUT2D eigenvalue weighted by Gasteiger charge is -2.42. The van der Waals surface area contributed by atoms with E-state index in [1.54, 1.807) is 6.92 Å². The molecule has 2 heterocycles. The van der Waals surface area contributed by atoms with Gasteiger partial charge in [-0.05, 0) is 32.5 Å². The number of hydrogen-bond donors (Lipinski definition) is 5. The van der Waals surface area contributed by atoms with Gasteiger partial charge in [0.1, 0.15) is 11.4 Å². The number of carboxylic acid groups (broad SMARTS) is 2. The number of nitrogens with two attached hydrogens (primary N) is 1. The van der Waals surface area contributed by atoms with Gasteiger partial charge in [-0.25, -0.2) is 18.4 Å². The summed E-state index contributed by atoms with van der Waals surface area (Å²) in [6.07, 6.45) is -5.49. The first-order valence-corrected chi connectivity index (χ1v) is 13.4. The van der Waals surface area contributed by atoms with Crippen molar-refractivity contribution in [2.45, 2.75) is 51.4 Å². The Balaban J connectivity index is 0.000000392. The molecule has 0 saturated carbocycles. The number of aromatic nitrogens is 1. The minimum absolute atomic E-state index is 0.0185. The van der Waals surface area contributed by atoms with Gasteiger partial charge in [-0.2, -0.15) is 30.7 Å². The van der Waals surface area contributed by atoms with Crippen molar-refractivity contribution in [3.05, 3.63) is 62.4 Å². The lowest BCUT2D eigenvalue weighted by Crippen LogP contribution is -2.58. The van der Waals surface area contributed by atoms with E-state index in [9.17, 15) is 59.7 Å². The number of benzene rings is 2. The van der Waals surface area contributed by atoms with Gasteiger partial charge in [-0.3, -0.25) is 4.79 Å². The normalized spacial score (nSPS) is 14.1. The van der Waals surface area contributed by atoms with E-state index in [1.807, 2.05) is 11.8 Å². The molecule has 6 N–H and O–H groups in total.